The van der Waals surface area contributed by atoms with E-state index in [-0.39, 0.29) is 17.2 Å². The molecule has 0 radical (unpaired) electrons. The van der Waals surface area contributed by atoms with Crippen LogP contribution in [0.1, 0.15) is 67.7 Å². The minimum absolute atomic E-state index is 0.0215. The van der Waals surface area contributed by atoms with E-state index >= 15 is 0 Å². The maximum absolute atomic E-state index is 13.0. The molecule has 6 nitrogen and oxygen atoms in total. The smallest absolute Gasteiger partial charge is 0.273 e. The van der Waals surface area contributed by atoms with E-state index in [0.717, 1.165) is 41.7 Å². The third-order valence-electron chi connectivity index (χ3n) is 7.18. The second-order valence-electron chi connectivity index (χ2n) is 10.1. The van der Waals surface area contributed by atoms with Crippen LogP contribution in [-0.4, -0.2) is 21.6 Å². The molecule has 2 amide bonds. The van der Waals surface area contributed by atoms with Gasteiger partial charge in [0.25, 0.3) is 5.91 Å². The van der Waals surface area contributed by atoms with E-state index < -0.39 is 0 Å². The SMILES string of the molecule is Cc1nn(CC(C)C)c2sc(C(=O)NNC(=O)C34CC5CC(CC(C5)C3)C4)cc12. The summed E-state index contributed by atoms with van der Waals surface area (Å²) in [6.45, 7) is 7.12. The third-order valence-corrected chi connectivity index (χ3v) is 8.33. The van der Waals surface area contributed by atoms with Gasteiger partial charge >= 0.3 is 0 Å². The Morgan fingerprint density at radius 2 is 1.79 bits per heavy atom. The number of rotatable bonds is 4. The maximum atomic E-state index is 13.0. The number of carbonyl (C=O) groups is 2. The number of hydrogen-bond donors (Lipinski definition) is 2. The number of amides is 2. The monoisotopic (exact) mass is 414 g/mol. The lowest BCUT2D eigenvalue weighted by Crippen LogP contribution is -2.56. The van der Waals surface area contributed by atoms with Crippen LogP contribution in [0.5, 0.6) is 0 Å². The summed E-state index contributed by atoms with van der Waals surface area (Å²) in [6, 6.07) is 1.89. The Hall–Kier alpha value is -1.89. The summed E-state index contributed by atoms with van der Waals surface area (Å²) in [4.78, 5) is 27.4. The number of hydrogen-bond acceptors (Lipinski definition) is 4. The number of nitrogens with one attached hydrogen (secondary N) is 2. The van der Waals surface area contributed by atoms with Crippen LogP contribution in [0.2, 0.25) is 0 Å². The highest BCUT2D eigenvalue weighted by Gasteiger charge is 2.54. The fourth-order valence-corrected chi connectivity index (χ4v) is 7.46. The van der Waals surface area contributed by atoms with Gasteiger partial charge in [-0.2, -0.15) is 5.10 Å². The Morgan fingerprint density at radius 1 is 1.17 bits per heavy atom. The Bertz CT molecular complexity index is 938. The van der Waals surface area contributed by atoms with Gasteiger partial charge in [0, 0.05) is 11.9 Å². The minimum atomic E-state index is -0.253. The van der Waals surface area contributed by atoms with Gasteiger partial charge in [0.15, 0.2) is 0 Å². The molecule has 2 aromatic rings. The maximum Gasteiger partial charge on any atom is 0.279 e. The molecule has 2 heterocycles. The van der Waals surface area contributed by atoms with Crippen LogP contribution in [0, 0.1) is 36.0 Å². The van der Waals surface area contributed by atoms with Gasteiger partial charge in [0.05, 0.1) is 16.0 Å². The summed E-state index contributed by atoms with van der Waals surface area (Å²) in [5.74, 6) is 2.39. The van der Waals surface area contributed by atoms with Gasteiger partial charge in [0.1, 0.15) is 4.83 Å². The molecular weight excluding hydrogens is 384 g/mol. The summed E-state index contributed by atoms with van der Waals surface area (Å²) in [6.07, 6.45) is 6.88. The normalized spacial score (nSPS) is 30.3. The largest absolute Gasteiger partial charge is 0.279 e. The first-order valence-corrected chi connectivity index (χ1v) is 11.7. The van der Waals surface area contributed by atoms with Crippen molar-refractivity contribution in [2.45, 2.75) is 65.8 Å². The molecule has 4 aliphatic carbocycles. The van der Waals surface area contributed by atoms with E-state index in [0.29, 0.717) is 28.5 Å². The van der Waals surface area contributed by atoms with Crippen molar-refractivity contribution in [3.8, 4) is 0 Å². The fourth-order valence-electron chi connectivity index (χ4n) is 6.39. The van der Waals surface area contributed by atoms with Crippen LogP contribution >= 0.6 is 11.3 Å². The number of aryl methyl sites for hydroxylation is 1. The molecule has 0 aromatic carbocycles. The van der Waals surface area contributed by atoms with E-state index in [1.807, 2.05) is 17.7 Å². The number of thiophene rings is 1. The van der Waals surface area contributed by atoms with Crippen molar-refractivity contribution in [1.82, 2.24) is 20.6 Å². The summed E-state index contributed by atoms with van der Waals surface area (Å²) in [5, 5.41) is 5.62. The lowest BCUT2D eigenvalue weighted by molar-refractivity contribution is -0.147. The van der Waals surface area contributed by atoms with Crippen LogP contribution in [0.3, 0.4) is 0 Å². The predicted molar refractivity (Wildman–Crippen MR) is 113 cm³/mol. The average Bonchev–Trinajstić information content (AvgIpc) is 3.19. The number of fused-ring (bicyclic) bond motifs is 1. The van der Waals surface area contributed by atoms with E-state index in [9.17, 15) is 9.59 Å². The molecule has 4 saturated carbocycles. The van der Waals surface area contributed by atoms with Gasteiger partial charge < -0.3 is 0 Å². The zero-order chi connectivity index (χ0) is 20.3. The second kappa shape index (κ2) is 6.83. The van der Waals surface area contributed by atoms with Crippen LogP contribution in [0.15, 0.2) is 6.07 Å². The summed E-state index contributed by atoms with van der Waals surface area (Å²) in [7, 11) is 0. The molecule has 29 heavy (non-hydrogen) atoms. The quantitative estimate of drug-likeness (QED) is 0.742. The van der Waals surface area contributed by atoms with Crippen molar-refractivity contribution in [3.63, 3.8) is 0 Å². The fraction of sp³-hybridized carbons (Fsp3) is 0.682. The van der Waals surface area contributed by atoms with Crippen molar-refractivity contribution >= 4 is 33.4 Å². The predicted octanol–water partition coefficient (Wildman–Crippen LogP) is 4.04. The molecule has 0 unspecified atom stereocenters. The van der Waals surface area contributed by atoms with Crippen molar-refractivity contribution in [3.05, 3.63) is 16.6 Å². The number of aromatic nitrogens is 2. The van der Waals surface area contributed by atoms with E-state index in [1.165, 1.54) is 30.6 Å². The number of hydrazine groups is 1. The van der Waals surface area contributed by atoms with Crippen molar-refractivity contribution < 1.29 is 9.59 Å². The van der Waals surface area contributed by atoms with Gasteiger partial charge in [-0.05, 0) is 75.2 Å². The Kier molecular flexibility index (Phi) is 4.49. The standard InChI is InChI=1S/C22H30N4O2S/c1-12(2)11-26-20-17(13(3)25-26)7-18(29-20)19(27)23-24-21(28)22-8-14-4-15(9-22)6-16(5-14)10-22/h7,12,14-16H,4-6,8-11H2,1-3H3,(H,23,27)(H,24,28). The molecule has 2 N–H and O–H groups in total. The van der Waals surface area contributed by atoms with E-state index in [2.05, 4.69) is 29.8 Å². The lowest BCUT2D eigenvalue weighted by Gasteiger charge is -2.55. The summed E-state index contributed by atoms with van der Waals surface area (Å²) < 4.78 is 1.99. The summed E-state index contributed by atoms with van der Waals surface area (Å²) >= 11 is 1.44. The van der Waals surface area contributed by atoms with Crippen LogP contribution in [0.25, 0.3) is 10.2 Å². The minimum Gasteiger partial charge on any atom is -0.273 e. The van der Waals surface area contributed by atoms with Gasteiger partial charge in [0.2, 0.25) is 5.91 Å². The first-order chi connectivity index (χ1) is 13.8. The van der Waals surface area contributed by atoms with Gasteiger partial charge in [-0.1, -0.05) is 13.8 Å². The van der Waals surface area contributed by atoms with E-state index in [1.54, 1.807) is 0 Å². The number of nitrogens with zero attached hydrogens (tertiary/aromatic N) is 2. The van der Waals surface area contributed by atoms with Gasteiger partial charge in [-0.3, -0.25) is 25.1 Å². The molecular formula is C22H30N4O2S. The molecule has 2 aromatic heterocycles. The van der Waals surface area contributed by atoms with Crippen molar-refractivity contribution in [1.29, 1.82) is 0 Å². The van der Waals surface area contributed by atoms with Crippen LogP contribution in [0.4, 0.5) is 0 Å². The molecule has 4 fully saturated rings. The Morgan fingerprint density at radius 3 is 2.38 bits per heavy atom. The van der Waals surface area contributed by atoms with E-state index in [4.69, 9.17) is 0 Å². The highest BCUT2D eigenvalue weighted by molar-refractivity contribution is 7.20. The Labute approximate surface area is 175 Å². The lowest BCUT2D eigenvalue weighted by atomic mass is 9.49. The highest BCUT2D eigenvalue weighted by Crippen LogP contribution is 2.60. The molecule has 156 valence electrons. The molecule has 4 aliphatic rings. The molecule has 4 bridgehead atoms. The topological polar surface area (TPSA) is 76.0 Å². The molecule has 7 heteroatoms. The molecule has 0 atom stereocenters. The second-order valence-corrected chi connectivity index (χ2v) is 11.1. The molecule has 0 spiro atoms. The first-order valence-electron chi connectivity index (χ1n) is 10.9. The highest BCUT2D eigenvalue weighted by atomic mass is 32.1. The number of carbonyl (C=O) groups excluding carboxylic acids is 2. The van der Waals surface area contributed by atoms with Crippen LogP contribution in [-0.2, 0) is 11.3 Å². The molecule has 0 aliphatic heterocycles. The average molecular weight is 415 g/mol. The van der Waals surface area contributed by atoms with Crippen molar-refractivity contribution in [2.24, 2.45) is 29.1 Å². The van der Waals surface area contributed by atoms with Crippen molar-refractivity contribution in [2.75, 3.05) is 0 Å². The van der Waals surface area contributed by atoms with Gasteiger partial charge in [-0.15, -0.1) is 11.3 Å². The first kappa shape index (κ1) is 19.1. The molecule has 0 saturated heterocycles. The molecule has 6 rings (SSSR count). The van der Waals surface area contributed by atoms with Crippen LogP contribution < -0.4 is 10.9 Å². The zero-order valence-electron chi connectivity index (χ0n) is 17.5. The zero-order valence-corrected chi connectivity index (χ0v) is 18.3. The van der Waals surface area contributed by atoms with Gasteiger partial charge in [-0.25, -0.2) is 0 Å². The third kappa shape index (κ3) is 3.27. The Balaban J connectivity index is 1.28. The summed E-state index contributed by atoms with van der Waals surface area (Å²) in [5.41, 5.74) is 6.16.